The molecule has 4 heteroatoms. The molecular weight excluding hydrogens is 239 g/mol. The maximum atomic E-state index is 8.78. The molecule has 0 saturated heterocycles. The van der Waals surface area contributed by atoms with Gasteiger partial charge in [-0.2, -0.15) is 0 Å². The molecule has 2 rings (SSSR count). The molecule has 0 atom stereocenters. The van der Waals surface area contributed by atoms with E-state index in [4.69, 9.17) is 14.7 Å². The third kappa shape index (κ3) is 4.12. The van der Waals surface area contributed by atoms with Crippen LogP contribution in [0.4, 0.5) is 0 Å². The highest BCUT2D eigenvalue weighted by molar-refractivity contribution is 6.33. The summed E-state index contributed by atoms with van der Waals surface area (Å²) >= 11 is 0. The van der Waals surface area contributed by atoms with E-state index in [1.54, 1.807) is 6.07 Å². The van der Waals surface area contributed by atoms with Crippen molar-refractivity contribution >= 4 is 7.32 Å². The monoisotopic (exact) mass is 256 g/mol. The first-order chi connectivity index (χ1) is 9.17. The summed E-state index contributed by atoms with van der Waals surface area (Å²) in [6.45, 7) is 2.13. The van der Waals surface area contributed by atoms with Gasteiger partial charge in [0.2, 0.25) is 0 Å². The molecule has 19 heavy (non-hydrogen) atoms. The second-order valence-electron chi connectivity index (χ2n) is 4.44. The highest BCUT2D eigenvalue weighted by atomic mass is 16.6. The van der Waals surface area contributed by atoms with Crippen molar-refractivity contribution in [2.75, 3.05) is 0 Å². The molecule has 0 radical (unpaired) electrons. The van der Waals surface area contributed by atoms with E-state index in [1.165, 1.54) is 11.1 Å². The van der Waals surface area contributed by atoms with E-state index >= 15 is 0 Å². The fourth-order valence-electron chi connectivity index (χ4n) is 1.98. The van der Waals surface area contributed by atoms with Crippen LogP contribution < -0.4 is 4.65 Å². The van der Waals surface area contributed by atoms with Gasteiger partial charge in [-0.25, -0.2) is 0 Å². The molecule has 0 aromatic heterocycles. The second kappa shape index (κ2) is 6.41. The second-order valence-corrected chi connectivity index (χ2v) is 4.44. The molecule has 2 aromatic rings. The Morgan fingerprint density at radius 2 is 1.63 bits per heavy atom. The molecule has 0 heterocycles. The number of rotatable bonds is 5. The van der Waals surface area contributed by atoms with E-state index in [0.717, 1.165) is 18.4 Å². The smallest absolute Gasteiger partial charge is 0.512 e. The van der Waals surface area contributed by atoms with Crippen molar-refractivity contribution in [2.24, 2.45) is 0 Å². The molecule has 0 aliphatic rings. The largest absolute Gasteiger partial charge is 0.707 e. The van der Waals surface area contributed by atoms with Crippen LogP contribution in [0.1, 0.15) is 23.6 Å². The molecule has 0 amide bonds. The summed E-state index contributed by atoms with van der Waals surface area (Å²) in [5.74, 6) is 0.456. The van der Waals surface area contributed by atoms with Gasteiger partial charge in [0.1, 0.15) is 5.75 Å². The highest BCUT2D eigenvalue weighted by Crippen LogP contribution is 2.17. The van der Waals surface area contributed by atoms with Crippen molar-refractivity contribution < 1.29 is 14.7 Å². The fraction of sp³-hybridized carbons (Fsp3) is 0.200. The van der Waals surface area contributed by atoms with E-state index in [2.05, 4.69) is 31.2 Å². The number of benzene rings is 2. The maximum Gasteiger partial charge on any atom is 0.707 e. The van der Waals surface area contributed by atoms with Gasteiger partial charge in [0.15, 0.2) is 0 Å². The van der Waals surface area contributed by atoms with E-state index in [1.807, 2.05) is 18.2 Å². The van der Waals surface area contributed by atoms with Crippen LogP contribution in [0.25, 0.3) is 0 Å². The minimum atomic E-state index is -1.78. The lowest BCUT2D eigenvalue weighted by Gasteiger charge is -2.07. The van der Waals surface area contributed by atoms with Crippen molar-refractivity contribution in [1.82, 2.24) is 0 Å². The molecule has 0 bridgehead atoms. The standard InChI is InChI=1S/C15H17BO3/c1-2-12-6-8-13(9-7-12)10-14-4-3-5-15(11-14)19-16(17)18/h3-9,11,17-18H,2,10H2,1H3. The fourth-order valence-corrected chi connectivity index (χ4v) is 1.98. The van der Waals surface area contributed by atoms with Crippen molar-refractivity contribution in [1.29, 1.82) is 0 Å². The van der Waals surface area contributed by atoms with Gasteiger partial charge in [-0.3, -0.25) is 0 Å². The molecular formula is C15H17BO3. The summed E-state index contributed by atoms with van der Waals surface area (Å²) in [5, 5.41) is 17.6. The molecule has 0 saturated carbocycles. The summed E-state index contributed by atoms with van der Waals surface area (Å²) in [5.41, 5.74) is 3.62. The van der Waals surface area contributed by atoms with E-state index in [0.29, 0.717) is 5.75 Å². The summed E-state index contributed by atoms with van der Waals surface area (Å²) < 4.78 is 4.84. The molecule has 0 aliphatic carbocycles. The van der Waals surface area contributed by atoms with Gasteiger partial charge in [-0.1, -0.05) is 43.3 Å². The minimum absolute atomic E-state index is 0.456. The van der Waals surface area contributed by atoms with Crippen LogP contribution in [-0.4, -0.2) is 17.4 Å². The lowest BCUT2D eigenvalue weighted by molar-refractivity contribution is 0.288. The van der Waals surface area contributed by atoms with Gasteiger partial charge < -0.3 is 14.7 Å². The maximum absolute atomic E-state index is 8.78. The third-order valence-electron chi connectivity index (χ3n) is 2.98. The van der Waals surface area contributed by atoms with Gasteiger partial charge in [-0.05, 0) is 41.7 Å². The zero-order valence-electron chi connectivity index (χ0n) is 10.9. The Balaban J connectivity index is 2.09. The van der Waals surface area contributed by atoms with Crippen LogP contribution in [-0.2, 0) is 12.8 Å². The molecule has 0 spiro atoms. The lowest BCUT2D eigenvalue weighted by Crippen LogP contribution is -2.20. The molecule has 98 valence electrons. The predicted molar refractivity (Wildman–Crippen MR) is 75.9 cm³/mol. The quantitative estimate of drug-likeness (QED) is 0.806. The van der Waals surface area contributed by atoms with Gasteiger partial charge >= 0.3 is 7.32 Å². The Hall–Kier alpha value is -1.78. The third-order valence-corrected chi connectivity index (χ3v) is 2.98. The van der Waals surface area contributed by atoms with Crippen LogP contribution in [0.3, 0.4) is 0 Å². The first-order valence-corrected chi connectivity index (χ1v) is 6.37. The molecule has 2 N–H and O–H groups in total. The van der Waals surface area contributed by atoms with Crippen LogP contribution in [0.2, 0.25) is 0 Å². The average Bonchev–Trinajstić information content (AvgIpc) is 2.39. The highest BCUT2D eigenvalue weighted by Gasteiger charge is 2.11. The Kier molecular flexibility index (Phi) is 4.60. The van der Waals surface area contributed by atoms with Crippen LogP contribution in [0.5, 0.6) is 5.75 Å². The van der Waals surface area contributed by atoms with Gasteiger partial charge in [0.25, 0.3) is 0 Å². The summed E-state index contributed by atoms with van der Waals surface area (Å²) in [6, 6.07) is 15.8. The van der Waals surface area contributed by atoms with Gasteiger partial charge in [0.05, 0.1) is 0 Å². The van der Waals surface area contributed by atoms with Crippen molar-refractivity contribution in [3.8, 4) is 5.75 Å². The average molecular weight is 256 g/mol. The topological polar surface area (TPSA) is 49.7 Å². The summed E-state index contributed by atoms with van der Waals surface area (Å²) in [4.78, 5) is 0. The van der Waals surface area contributed by atoms with Gasteiger partial charge in [-0.15, -0.1) is 0 Å². The minimum Gasteiger partial charge on any atom is -0.512 e. The zero-order chi connectivity index (χ0) is 13.7. The predicted octanol–water partition coefficient (Wildman–Crippen LogP) is 2.19. The Morgan fingerprint density at radius 3 is 2.26 bits per heavy atom. The Morgan fingerprint density at radius 1 is 0.947 bits per heavy atom. The van der Waals surface area contributed by atoms with Crippen LogP contribution >= 0.6 is 0 Å². The Labute approximate surface area is 113 Å². The van der Waals surface area contributed by atoms with Crippen molar-refractivity contribution in [2.45, 2.75) is 19.8 Å². The number of hydrogen-bond acceptors (Lipinski definition) is 3. The molecule has 3 nitrogen and oxygen atoms in total. The first-order valence-electron chi connectivity index (χ1n) is 6.37. The molecule has 0 unspecified atom stereocenters. The molecule has 0 aliphatic heterocycles. The van der Waals surface area contributed by atoms with E-state index in [-0.39, 0.29) is 0 Å². The summed E-state index contributed by atoms with van der Waals surface area (Å²) in [6.07, 6.45) is 1.83. The van der Waals surface area contributed by atoms with E-state index in [9.17, 15) is 0 Å². The molecule has 2 aromatic carbocycles. The number of aryl methyl sites for hydroxylation is 1. The Bertz CT molecular complexity index is 523. The zero-order valence-corrected chi connectivity index (χ0v) is 10.9. The summed E-state index contributed by atoms with van der Waals surface area (Å²) in [7, 11) is -1.78. The molecule has 0 fully saturated rings. The normalized spacial score (nSPS) is 10.3. The van der Waals surface area contributed by atoms with Crippen molar-refractivity contribution in [3.63, 3.8) is 0 Å². The van der Waals surface area contributed by atoms with Gasteiger partial charge in [0, 0.05) is 0 Å². The SMILES string of the molecule is CCc1ccc(Cc2cccc(OB(O)O)c2)cc1. The first kappa shape index (κ1) is 13.7. The lowest BCUT2D eigenvalue weighted by atomic mass is 10.0. The number of hydrogen-bond donors (Lipinski definition) is 2. The van der Waals surface area contributed by atoms with Crippen LogP contribution in [0.15, 0.2) is 48.5 Å². The van der Waals surface area contributed by atoms with Crippen LogP contribution in [0, 0.1) is 0 Å². The van der Waals surface area contributed by atoms with Crippen molar-refractivity contribution in [3.05, 3.63) is 65.2 Å². The van der Waals surface area contributed by atoms with E-state index < -0.39 is 7.32 Å².